The van der Waals surface area contributed by atoms with E-state index >= 15 is 0 Å². The minimum Gasteiger partial charge on any atom is -0.0722 e. The Bertz CT molecular complexity index is 919. The molecule has 0 amide bonds. The summed E-state index contributed by atoms with van der Waals surface area (Å²) < 4.78 is 1.16. The molecule has 0 nitrogen and oxygen atoms in total. The van der Waals surface area contributed by atoms with Crippen molar-refractivity contribution in [3.8, 4) is 0 Å². The van der Waals surface area contributed by atoms with E-state index < -0.39 is 0 Å². The second kappa shape index (κ2) is 4.60. The zero-order valence-electron chi connectivity index (χ0n) is 11.7. The molecule has 1 heteroatoms. The molecular weight excluding hydrogens is 308 g/mol. The van der Waals surface area contributed by atoms with Crippen LogP contribution in [0.3, 0.4) is 0 Å². The summed E-state index contributed by atoms with van der Waals surface area (Å²) in [5.74, 6) is 0. The molecule has 2 aromatic rings. The lowest BCUT2D eigenvalue weighted by molar-refractivity contribution is 0.805. The highest BCUT2D eigenvalue weighted by Gasteiger charge is 2.13. The van der Waals surface area contributed by atoms with Crippen LogP contribution >= 0.6 is 15.9 Å². The highest BCUT2D eigenvalue weighted by atomic mass is 79.9. The lowest BCUT2D eigenvalue weighted by atomic mass is 9.86. The predicted molar refractivity (Wildman–Crippen MR) is 87.7 cm³/mol. The Kier molecular flexibility index (Phi) is 2.85. The molecule has 0 bridgehead atoms. The maximum atomic E-state index is 3.57. The highest BCUT2D eigenvalue weighted by Crippen LogP contribution is 2.21. The van der Waals surface area contributed by atoms with Crippen molar-refractivity contribution >= 4 is 27.6 Å². The van der Waals surface area contributed by atoms with E-state index in [4.69, 9.17) is 0 Å². The molecule has 0 saturated carbocycles. The van der Waals surface area contributed by atoms with Gasteiger partial charge in [0.15, 0.2) is 0 Å². The van der Waals surface area contributed by atoms with Crippen LogP contribution in [0.4, 0.5) is 0 Å². The smallest absolute Gasteiger partial charge is 0.0181 e. The van der Waals surface area contributed by atoms with Crippen molar-refractivity contribution in [2.75, 3.05) is 0 Å². The third-order valence-corrected chi connectivity index (χ3v) is 5.19. The van der Waals surface area contributed by atoms with Gasteiger partial charge in [0.1, 0.15) is 0 Å². The molecule has 0 saturated heterocycles. The van der Waals surface area contributed by atoms with Crippen LogP contribution in [0.25, 0.3) is 11.6 Å². The number of hydrogen-bond donors (Lipinski definition) is 0. The molecule has 2 aromatic carbocycles. The predicted octanol–water partition coefficient (Wildman–Crippen LogP) is 3.58. The van der Waals surface area contributed by atoms with Gasteiger partial charge in [0.05, 0.1) is 0 Å². The van der Waals surface area contributed by atoms with Gasteiger partial charge in [-0.25, -0.2) is 0 Å². The summed E-state index contributed by atoms with van der Waals surface area (Å²) in [6.07, 6.45) is 7.28. The summed E-state index contributed by atoms with van der Waals surface area (Å²) in [6.45, 7) is 2.29. The SMILES string of the molecule is CC1=c2ccc3c(c2CCC1)CC=c1cc(Br)ccc1=3. The molecule has 0 radical (unpaired) electrons. The summed E-state index contributed by atoms with van der Waals surface area (Å²) in [5, 5.41) is 5.72. The van der Waals surface area contributed by atoms with Crippen molar-refractivity contribution in [2.45, 2.75) is 32.6 Å². The molecule has 0 fully saturated rings. The summed E-state index contributed by atoms with van der Waals surface area (Å²) in [7, 11) is 0. The van der Waals surface area contributed by atoms with E-state index in [2.05, 4.69) is 59.3 Å². The quantitative estimate of drug-likeness (QED) is 0.695. The number of fused-ring (bicyclic) bond motifs is 4. The Balaban J connectivity index is 2.21. The molecule has 0 spiro atoms. The van der Waals surface area contributed by atoms with Crippen LogP contribution in [0.5, 0.6) is 0 Å². The van der Waals surface area contributed by atoms with Crippen molar-refractivity contribution < 1.29 is 0 Å². The van der Waals surface area contributed by atoms with Gasteiger partial charge >= 0.3 is 0 Å². The molecule has 0 aliphatic heterocycles. The molecule has 0 atom stereocenters. The summed E-state index contributed by atoms with van der Waals surface area (Å²) >= 11 is 3.57. The number of benzene rings is 2. The number of halogens is 1. The van der Waals surface area contributed by atoms with Gasteiger partial charge in [0.25, 0.3) is 0 Å². The van der Waals surface area contributed by atoms with Gasteiger partial charge in [-0.05, 0) is 76.7 Å². The van der Waals surface area contributed by atoms with E-state index in [1.807, 2.05) is 0 Å². The van der Waals surface area contributed by atoms with Crippen molar-refractivity contribution in [1.82, 2.24) is 0 Å². The third kappa shape index (κ3) is 1.80. The fraction of sp³-hybridized carbons (Fsp3) is 0.263. The molecule has 20 heavy (non-hydrogen) atoms. The fourth-order valence-electron chi connectivity index (χ4n) is 3.69. The van der Waals surface area contributed by atoms with Crippen LogP contribution in [-0.2, 0) is 12.8 Å². The molecule has 2 aliphatic rings. The minimum atomic E-state index is 1.08. The van der Waals surface area contributed by atoms with E-state index in [0.29, 0.717) is 0 Å². The van der Waals surface area contributed by atoms with Gasteiger partial charge in [-0.15, -0.1) is 0 Å². The minimum absolute atomic E-state index is 1.08. The molecule has 0 heterocycles. The van der Waals surface area contributed by atoms with Crippen LogP contribution in [0.2, 0.25) is 0 Å². The van der Waals surface area contributed by atoms with Crippen LogP contribution < -0.4 is 10.4 Å². The molecule has 2 aliphatic carbocycles. The Morgan fingerprint density at radius 1 is 0.900 bits per heavy atom. The van der Waals surface area contributed by atoms with Gasteiger partial charge in [-0.2, -0.15) is 0 Å². The van der Waals surface area contributed by atoms with Crippen LogP contribution in [0.1, 0.15) is 30.9 Å². The fourth-order valence-corrected chi connectivity index (χ4v) is 4.07. The van der Waals surface area contributed by atoms with E-state index in [0.717, 1.165) is 10.9 Å². The van der Waals surface area contributed by atoms with E-state index in [1.54, 1.807) is 16.7 Å². The lowest BCUT2D eigenvalue weighted by Gasteiger charge is -2.18. The van der Waals surface area contributed by atoms with Crippen LogP contribution in [0.15, 0.2) is 34.8 Å². The first-order valence-electron chi connectivity index (χ1n) is 7.35. The summed E-state index contributed by atoms with van der Waals surface area (Å²) in [4.78, 5) is 0. The average molecular weight is 325 g/mol. The maximum absolute atomic E-state index is 3.57. The van der Waals surface area contributed by atoms with E-state index in [-0.39, 0.29) is 0 Å². The second-order valence-corrected chi connectivity index (χ2v) is 6.81. The van der Waals surface area contributed by atoms with Crippen molar-refractivity contribution in [3.05, 3.63) is 66.8 Å². The van der Waals surface area contributed by atoms with Crippen molar-refractivity contribution in [2.24, 2.45) is 0 Å². The molecular formula is C19H17Br. The monoisotopic (exact) mass is 324 g/mol. The third-order valence-electron chi connectivity index (χ3n) is 4.70. The average Bonchev–Trinajstić information content (AvgIpc) is 2.46. The molecule has 0 aromatic heterocycles. The Morgan fingerprint density at radius 2 is 1.70 bits per heavy atom. The zero-order valence-corrected chi connectivity index (χ0v) is 13.3. The van der Waals surface area contributed by atoms with Gasteiger partial charge in [-0.1, -0.05) is 45.8 Å². The summed E-state index contributed by atoms with van der Waals surface area (Å²) in [6, 6.07) is 11.3. The first-order chi connectivity index (χ1) is 9.74. The first kappa shape index (κ1) is 12.4. The normalized spacial score (nSPS) is 16.0. The van der Waals surface area contributed by atoms with Gasteiger partial charge in [0, 0.05) is 4.47 Å². The topological polar surface area (TPSA) is 0 Å². The molecule has 0 unspecified atom stereocenters. The van der Waals surface area contributed by atoms with Crippen molar-refractivity contribution in [3.63, 3.8) is 0 Å². The lowest BCUT2D eigenvalue weighted by Crippen LogP contribution is -2.21. The maximum Gasteiger partial charge on any atom is 0.0181 e. The van der Waals surface area contributed by atoms with Gasteiger partial charge in [0.2, 0.25) is 0 Å². The van der Waals surface area contributed by atoms with E-state index in [1.165, 1.54) is 40.1 Å². The van der Waals surface area contributed by atoms with E-state index in [9.17, 15) is 0 Å². The first-order valence-corrected chi connectivity index (χ1v) is 8.14. The van der Waals surface area contributed by atoms with Gasteiger partial charge in [-0.3, -0.25) is 0 Å². The van der Waals surface area contributed by atoms with Crippen LogP contribution in [0, 0.1) is 10.4 Å². The standard InChI is InChI=1S/C19H17Br/c1-12-3-2-4-17-15(12)9-10-18-16-8-6-14(20)11-13(16)5-7-19(17)18/h5-6,8-11H,2-4,7H2,1H3. The Morgan fingerprint density at radius 3 is 2.60 bits per heavy atom. The number of hydrogen-bond acceptors (Lipinski definition) is 0. The molecule has 100 valence electrons. The Labute approximate surface area is 127 Å². The number of rotatable bonds is 0. The summed E-state index contributed by atoms with van der Waals surface area (Å²) in [5.41, 5.74) is 4.74. The zero-order chi connectivity index (χ0) is 13.7. The Hall–Kier alpha value is -1.34. The van der Waals surface area contributed by atoms with Gasteiger partial charge < -0.3 is 0 Å². The highest BCUT2D eigenvalue weighted by molar-refractivity contribution is 9.10. The van der Waals surface area contributed by atoms with Crippen molar-refractivity contribution in [1.29, 1.82) is 0 Å². The molecule has 0 N–H and O–H groups in total. The van der Waals surface area contributed by atoms with Crippen LogP contribution in [-0.4, -0.2) is 0 Å². The molecule has 4 rings (SSSR count). The second-order valence-electron chi connectivity index (χ2n) is 5.89. The largest absolute Gasteiger partial charge is 0.0722 e.